The Labute approximate surface area is 81.9 Å². The summed E-state index contributed by atoms with van der Waals surface area (Å²) in [6.45, 7) is 3.35. The molecule has 5 heteroatoms. The molecule has 2 heterocycles. The van der Waals surface area contributed by atoms with E-state index >= 15 is 0 Å². The summed E-state index contributed by atoms with van der Waals surface area (Å²) in [5.74, 6) is 0.890. The Kier molecular flexibility index (Phi) is 2.58. The van der Waals surface area contributed by atoms with Crippen LogP contribution in [0, 0.1) is 0 Å². The largest absolute Gasteiger partial charge is 0.331 e. The van der Waals surface area contributed by atoms with Gasteiger partial charge in [-0.15, -0.1) is 0 Å². The summed E-state index contributed by atoms with van der Waals surface area (Å²) in [6, 6.07) is 0. The van der Waals surface area contributed by atoms with Crippen LogP contribution in [0.3, 0.4) is 0 Å². The summed E-state index contributed by atoms with van der Waals surface area (Å²) < 4.78 is 4.84. The van der Waals surface area contributed by atoms with E-state index in [1.807, 2.05) is 0 Å². The predicted molar refractivity (Wildman–Crippen MR) is 49.1 cm³/mol. The molecule has 1 aromatic heterocycles. The van der Waals surface area contributed by atoms with Crippen LogP contribution in [0.4, 0.5) is 0 Å². The number of carbonyl (C=O) groups is 1. The van der Waals surface area contributed by atoms with Gasteiger partial charge in [-0.25, -0.2) is 0 Å². The van der Waals surface area contributed by atoms with Crippen LogP contribution in [0.15, 0.2) is 4.52 Å². The quantitative estimate of drug-likeness (QED) is 0.705. The lowest BCUT2D eigenvalue weighted by Crippen LogP contribution is -2.28. The zero-order valence-corrected chi connectivity index (χ0v) is 8.12. The van der Waals surface area contributed by atoms with Crippen molar-refractivity contribution in [3.05, 3.63) is 11.7 Å². The van der Waals surface area contributed by atoms with Gasteiger partial charge in [0.15, 0.2) is 5.82 Å². The van der Waals surface area contributed by atoms with Gasteiger partial charge in [-0.2, -0.15) is 4.98 Å². The van der Waals surface area contributed by atoms with Crippen molar-refractivity contribution in [1.29, 1.82) is 0 Å². The zero-order chi connectivity index (χ0) is 9.97. The number of piperidine rings is 1. The van der Waals surface area contributed by atoms with Crippen molar-refractivity contribution in [3.63, 3.8) is 0 Å². The number of hydrogen-bond acceptors (Lipinski definition) is 5. The van der Waals surface area contributed by atoms with Crippen molar-refractivity contribution in [2.45, 2.75) is 25.7 Å². The Morgan fingerprint density at radius 2 is 2.50 bits per heavy atom. The van der Waals surface area contributed by atoms with Gasteiger partial charge in [0, 0.05) is 19.4 Å². The monoisotopic (exact) mass is 195 g/mol. The summed E-state index contributed by atoms with van der Waals surface area (Å²) in [5, 5.41) is 7.08. The van der Waals surface area contributed by atoms with Crippen LogP contribution in [0.2, 0.25) is 0 Å². The Bertz CT molecular complexity index is 329. The van der Waals surface area contributed by atoms with Gasteiger partial charge in [0.25, 0.3) is 5.89 Å². The first-order valence-corrected chi connectivity index (χ1v) is 4.82. The van der Waals surface area contributed by atoms with E-state index in [1.54, 1.807) is 0 Å². The molecule has 14 heavy (non-hydrogen) atoms. The number of ketones is 1. The van der Waals surface area contributed by atoms with Crippen LogP contribution in [0.5, 0.6) is 0 Å². The van der Waals surface area contributed by atoms with Crippen molar-refractivity contribution < 1.29 is 9.32 Å². The van der Waals surface area contributed by atoms with Crippen molar-refractivity contribution in [2.75, 3.05) is 13.1 Å². The minimum absolute atomic E-state index is 0.116. The Balaban J connectivity index is 2.11. The Hall–Kier alpha value is -1.23. The van der Waals surface area contributed by atoms with Gasteiger partial charge >= 0.3 is 0 Å². The third-order valence-corrected chi connectivity index (χ3v) is 2.40. The molecule has 5 nitrogen and oxygen atoms in total. The summed E-state index contributed by atoms with van der Waals surface area (Å²) >= 11 is 0. The van der Waals surface area contributed by atoms with E-state index in [4.69, 9.17) is 4.52 Å². The first-order chi connectivity index (χ1) is 6.77. The normalized spacial score (nSPS) is 22.2. The molecular formula is C9H13N3O2. The number of nitrogens with one attached hydrogen (secondary N) is 1. The third kappa shape index (κ3) is 1.82. The van der Waals surface area contributed by atoms with Crippen LogP contribution < -0.4 is 5.32 Å². The van der Waals surface area contributed by atoms with E-state index in [2.05, 4.69) is 15.5 Å². The van der Waals surface area contributed by atoms with E-state index in [0.717, 1.165) is 25.9 Å². The molecule has 1 aromatic rings. The number of hydrogen-bond donors (Lipinski definition) is 1. The summed E-state index contributed by atoms with van der Waals surface area (Å²) in [4.78, 5) is 15.0. The van der Waals surface area contributed by atoms with E-state index in [-0.39, 0.29) is 11.7 Å². The summed E-state index contributed by atoms with van der Waals surface area (Å²) in [6.07, 6.45) is 2.18. The van der Waals surface area contributed by atoms with Gasteiger partial charge in [0.1, 0.15) is 0 Å². The van der Waals surface area contributed by atoms with Crippen LogP contribution in [0.1, 0.15) is 42.2 Å². The second-order valence-electron chi connectivity index (χ2n) is 3.56. The fraction of sp³-hybridized carbons (Fsp3) is 0.667. The SMILES string of the molecule is CC(=O)c1nc(C2CCCNC2)no1. The molecule has 76 valence electrons. The van der Waals surface area contributed by atoms with Gasteiger partial charge in [-0.1, -0.05) is 5.16 Å². The minimum atomic E-state index is -0.174. The highest BCUT2D eigenvalue weighted by molar-refractivity contribution is 5.89. The zero-order valence-electron chi connectivity index (χ0n) is 8.12. The lowest BCUT2D eigenvalue weighted by molar-refractivity contribution is 0.0972. The second-order valence-corrected chi connectivity index (χ2v) is 3.56. The molecule has 1 unspecified atom stereocenters. The Morgan fingerprint density at radius 3 is 3.07 bits per heavy atom. The van der Waals surface area contributed by atoms with Crippen molar-refractivity contribution >= 4 is 5.78 Å². The van der Waals surface area contributed by atoms with Crippen LogP contribution in [-0.4, -0.2) is 29.0 Å². The molecule has 0 bridgehead atoms. The van der Waals surface area contributed by atoms with Crippen molar-refractivity contribution in [1.82, 2.24) is 15.5 Å². The Morgan fingerprint density at radius 1 is 1.64 bits per heavy atom. The van der Waals surface area contributed by atoms with E-state index in [0.29, 0.717) is 11.7 Å². The molecule has 2 rings (SSSR count). The van der Waals surface area contributed by atoms with Crippen LogP contribution >= 0.6 is 0 Å². The average molecular weight is 195 g/mol. The summed E-state index contributed by atoms with van der Waals surface area (Å²) in [7, 11) is 0. The molecule has 1 fully saturated rings. The molecule has 0 aromatic carbocycles. The molecule has 1 aliphatic heterocycles. The maximum Gasteiger partial charge on any atom is 0.293 e. The molecule has 0 amide bonds. The lowest BCUT2D eigenvalue weighted by Gasteiger charge is -2.19. The van der Waals surface area contributed by atoms with Gasteiger partial charge in [-0.05, 0) is 19.4 Å². The van der Waals surface area contributed by atoms with E-state index in [1.165, 1.54) is 6.92 Å². The molecule has 1 saturated heterocycles. The predicted octanol–water partition coefficient (Wildman–Crippen LogP) is 0.739. The molecule has 0 aliphatic carbocycles. The van der Waals surface area contributed by atoms with Gasteiger partial charge < -0.3 is 9.84 Å². The number of carbonyl (C=O) groups excluding carboxylic acids is 1. The van der Waals surface area contributed by atoms with Gasteiger partial charge in [0.2, 0.25) is 5.78 Å². The number of Topliss-reactive ketones (excluding diaryl/α,β-unsaturated/α-hetero) is 1. The molecule has 0 saturated carbocycles. The van der Waals surface area contributed by atoms with Gasteiger partial charge in [0.05, 0.1) is 0 Å². The fourth-order valence-electron chi connectivity index (χ4n) is 1.62. The minimum Gasteiger partial charge on any atom is -0.331 e. The molecule has 0 radical (unpaired) electrons. The molecule has 0 spiro atoms. The smallest absolute Gasteiger partial charge is 0.293 e. The standard InChI is InChI=1S/C9H13N3O2/c1-6(13)9-11-8(12-14-9)7-3-2-4-10-5-7/h7,10H,2-5H2,1H3. The number of aromatic nitrogens is 2. The average Bonchev–Trinajstić information content (AvgIpc) is 2.68. The fourth-order valence-corrected chi connectivity index (χ4v) is 1.62. The highest BCUT2D eigenvalue weighted by Crippen LogP contribution is 2.20. The summed E-state index contributed by atoms with van der Waals surface area (Å²) in [5.41, 5.74) is 0. The number of rotatable bonds is 2. The third-order valence-electron chi connectivity index (χ3n) is 2.40. The molecule has 1 aliphatic rings. The van der Waals surface area contributed by atoms with Crippen molar-refractivity contribution in [3.8, 4) is 0 Å². The second kappa shape index (κ2) is 3.88. The maximum absolute atomic E-state index is 10.9. The van der Waals surface area contributed by atoms with Gasteiger partial charge in [-0.3, -0.25) is 4.79 Å². The first kappa shape index (κ1) is 9.33. The molecule has 1 N–H and O–H groups in total. The van der Waals surface area contributed by atoms with Crippen molar-refractivity contribution in [2.24, 2.45) is 0 Å². The van der Waals surface area contributed by atoms with Crippen LogP contribution in [-0.2, 0) is 0 Å². The highest BCUT2D eigenvalue weighted by atomic mass is 16.5. The first-order valence-electron chi connectivity index (χ1n) is 4.82. The van der Waals surface area contributed by atoms with E-state index in [9.17, 15) is 4.79 Å². The van der Waals surface area contributed by atoms with E-state index < -0.39 is 0 Å². The maximum atomic E-state index is 10.9. The lowest BCUT2D eigenvalue weighted by atomic mass is 9.99. The number of nitrogens with zero attached hydrogens (tertiary/aromatic N) is 2. The molecule has 1 atom stereocenters. The molecular weight excluding hydrogens is 182 g/mol. The van der Waals surface area contributed by atoms with Crippen LogP contribution in [0.25, 0.3) is 0 Å². The topological polar surface area (TPSA) is 68.0 Å². The highest BCUT2D eigenvalue weighted by Gasteiger charge is 2.21.